The van der Waals surface area contributed by atoms with Gasteiger partial charge in [-0.15, -0.1) is 31.0 Å². The third kappa shape index (κ3) is 16.6. The summed E-state index contributed by atoms with van der Waals surface area (Å²) in [5.74, 6) is 0. The minimum absolute atomic E-state index is 0. The van der Waals surface area contributed by atoms with Crippen LogP contribution in [0.25, 0.3) is 0 Å². The van der Waals surface area contributed by atoms with Crippen molar-refractivity contribution in [3.05, 3.63) is 24.7 Å². The lowest BCUT2D eigenvalue weighted by Gasteiger charge is -1.74. The van der Waals surface area contributed by atoms with Crippen molar-refractivity contribution in [1.29, 1.82) is 0 Å². The van der Waals surface area contributed by atoms with Gasteiger partial charge in [-0.05, 0) is 12.1 Å². The molecule has 4 radical (unpaired) electrons. The maximum absolute atomic E-state index is 5.05. The molecule has 64 valence electrons. The summed E-state index contributed by atoms with van der Waals surface area (Å²) in [4.78, 5) is 0. The average Bonchev–Trinajstić information content (AvgIpc) is 2.44. The lowest BCUT2D eigenvalue weighted by Crippen LogP contribution is -1.94. The Labute approximate surface area is 89.4 Å². The normalized spacial score (nSPS) is 6.08. The first-order valence-electron chi connectivity index (χ1n) is 3.20. The molecule has 0 aliphatic heterocycles. The van der Waals surface area contributed by atoms with Gasteiger partial charge in [-0.25, -0.2) is 0 Å². The average molecular weight is 202 g/mol. The molecule has 1 aromatic heterocycles. The summed E-state index contributed by atoms with van der Waals surface area (Å²) in [6.45, 7) is 1.95. The lowest BCUT2D eigenvalue weighted by molar-refractivity contribution is 0.567. The fourth-order valence-corrected chi connectivity index (χ4v) is 0.363. The van der Waals surface area contributed by atoms with Gasteiger partial charge in [0.25, 0.3) is 0 Å². The van der Waals surface area contributed by atoms with Crippen LogP contribution in [0.1, 0.15) is 0 Å². The second kappa shape index (κ2) is 17.2. The van der Waals surface area contributed by atoms with E-state index in [4.69, 9.17) is 7.85 Å². The van der Waals surface area contributed by atoms with Crippen LogP contribution in [0.5, 0.6) is 0 Å². The molecule has 0 saturated carbocycles. The predicted octanol–water partition coefficient (Wildman–Crippen LogP) is 2.03. The topological polar surface area (TPSA) is 13.1 Å². The second-order valence-corrected chi connectivity index (χ2v) is 1.60. The number of furan rings is 1. The van der Waals surface area contributed by atoms with Gasteiger partial charge in [-0.2, -0.15) is 0 Å². The van der Waals surface area contributed by atoms with Crippen LogP contribution in [-0.2, 0) is 0 Å². The van der Waals surface area contributed by atoms with E-state index >= 15 is 0 Å². The fourth-order valence-electron chi connectivity index (χ4n) is 0.363. The molecule has 0 N–H and O–H groups in total. The minimum Gasteiger partial charge on any atom is -0.473 e. The monoisotopic (exact) mass is 202 g/mol. The van der Waals surface area contributed by atoms with E-state index in [0.29, 0.717) is 6.22 Å². The van der Waals surface area contributed by atoms with Crippen LogP contribution < -0.4 is 0 Å². The molecular weight excluding hydrogens is 191 g/mol. The van der Waals surface area contributed by atoms with Gasteiger partial charge in [-0.3, -0.25) is 0 Å². The summed E-state index contributed by atoms with van der Waals surface area (Å²) in [7, 11) is 8.89. The van der Waals surface area contributed by atoms with Gasteiger partial charge >= 0.3 is 0 Å². The fraction of sp³-hybridized carbons (Fsp3) is 0.333. The van der Waals surface area contributed by atoms with E-state index in [1.54, 1.807) is 12.5 Å². The van der Waals surface area contributed by atoms with Crippen LogP contribution in [0, 0.1) is 0 Å². The standard InChI is InChI=1S/C4H4O.C2H5B3.2ClH/c1-2-4-5-3-1;1-4-5-2-3;;/h1-4H;2H2,1H3;2*1H. The van der Waals surface area contributed by atoms with E-state index in [9.17, 15) is 0 Å². The second-order valence-electron chi connectivity index (χ2n) is 1.60. The lowest BCUT2D eigenvalue weighted by atomic mass is 9.37. The third-order valence-corrected chi connectivity index (χ3v) is 0.797. The van der Waals surface area contributed by atoms with E-state index < -0.39 is 0 Å². The molecule has 0 aliphatic rings. The van der Waals surface area contributed by atoms with Crippen molar-refractivity contribution < 1.29 is 4.42 Å². The van der Waals surface area contributed by atoms with E-state index in [-0.39, 0.29) is 24.8 Å². The van der Waals surface area contributed by atoms with E-state index in [0.717, 1.165) is 0 Å². The summed E-state index contributed by atoms with van der Waals surface area (Å²) in [6.07, 6.45) is 3.91. The molecule has 12 heavy (non-hydrogen) atoms. The van der Waals surface area contributed by atoms with Gasteiger partial charge < -0.3 is 4.42 Å². The molecule has 0 spiro atoms. The molecule has 0 amide bonds. The highest BCUT2D eigenvalue weighted by Gasteiger charge is 1.74. The molecule has 1 aromatic rings. The van der Waals surface area contributed by atoms with Crippen LogP contribution in [0.4, 0.5) is 0 Å². The van der Waals surface area contributed by atoms with E-state index in [2.05, 4.69) is 4.42 Å². The Kier molecular flexibility index (Phi) is 25.8. The van der Waals surface area contributed by atoms with Gasteiger partial charge in [0.2, 0.25) is 0 Å². The molecule has 6 heteroatoms. The number of hydrogen-bond donors (Lipinski definition) is 0. The van der Waals surface area contributed by atoms with Crippen molar-refractivity contribution in [1.82, 2.24) is 0 Å². The Morgan fingerprint density at radius 3 is 1.83 bits per heavy atom. The summed E-state index contributed by atoms with van der Waals surface area (Å²) in [5, 5.41) is 0. The van der Waals surface area contributed by atoms with Crippen molar-refractivity contribution in [2.24, 2.45) is 0 Å². The highest BCUT2D eigenvalue weighted by atomic mass is 35.5. The SMILES string of the molecule is Cl.Cl.[B]C[B][B]C.c1ccoc1. The van der Waals surface area contributed by atoms with Crippen molar-refractivity contribution in [2.45, 2.75) is 13.0 Å². The molecule has 1 heterocycles. The highest BCUT2D eigenvalue weighted by molar-refractivity contribution is 7.01. The first-order chi connectivity index (χ1) is 4.91. The van der Waals surface area contributed by atoms with Crippen LogP contribution >= 0.6 is 24.8 Å². The zero-order valence-electron chi connectivity index (χ0n) is 6.97. The Hall–Kier alpha value is 0.0548. The van der Waals surface area contributed by atoms with E-state index in [1.165, 1.54) is 0 Å². The van der Waals surface area contributed by atoms with Crippen LogP contribution in [0.3, 0.4) is 0 Å². The molecule has 0 bridgehead atoms. The predicted molar refractivity (Wildman–Crippen MR) is 61.1 cm³/mol. The molecule has 0 atom stereocenters. The molecule has 0 fully saturated rings. The first kappa shape index (κ1) is 18.0. The van der Waals surface area contributed by atoms with Crippen molar-refractivity contribution >= 4 is 47.0 Å². The van der Waals surface area contributed by atoms with Gasteiger partial charge in [-0.1, -0.05) is 6.82 Å². The number of hydrogen-bond acceptors (Lipinski definition) is 1. The van der Waals surface area contributed by atoms with Gasteiger partial charge in [0.1, 0.15) is 0 Å². The summed E-state index contributed by atoms with van der Waals surface area (Å²) >= 11 is 0. The van der Waals surface area contributed by atoms with Crippen molar-refractivity contribution in [2.75, 3.05) is 0 Å². The first-order valence-corrected chi connectivity index (χ1v) is 3.20. The van der Waals surface area contributed by atoms with Crippen molar-refractivity contribution in [3.63, 3.8) is 0 Å². The Morgan fingerprint density at radius 2 is 1.75 bits per heavy atom. The molecule has 1 nitrogen and oxygen atoms in total. The number of halogens is 2. The van der Waals surface area contributed by atoms with Gasteiger partial charge in [0.15, 0.2) is 0 Å². The number of rotatable bonds is 2. The Morgan fingerprint density at radius 1 is 1.25 bits per heavy atom. The maximum atomic E-state index is 5.05. The van der Waals surface area contributed by atoms with Crippen LogP contribution in [0.2, 0.25) is 13.0 Å². The highest BCUT2D eigenvalue weighted by Crippen LogP contribution is 1.79. The third-order valence-electron chi connectivity index (χ3n) is 0.797. The molecule has 1 rings (SSSR count). The molecular formula is C6H11B3Cl2O. The molecule has 0 unspecified atom stereocenters. The largest absolute Gasteiger partial charge is 0.473 e. The Bertz CT molecular complexity index is 107. The zero-order chi connectivity index (χ0) is 7.66. The molecule has 0 aliphatic carbocycles. The van der Waals surface area contributed by atoms with Crippen LogP contribution in [0.15, 0.2) is 29.1 Å². The molecule has 0 saturated heterocycles. The quantitative estimate of drug-likeness (QED) is 0.669. The Balaban J connectivity index is -0.000000116. The van der Waals surface area contributed by atoms with Crippen molar-refractivity contribution in [3.8, 4) is 0 Å². The maximum Gasteiger partial charge on any atom is 0.0902 e. The molecule has 0 aromatic carbocycles. The van der Waals surface area contributed by atoms with Crippen LogP contribution in [-0.4, -0.2) is 22.2 Å². The summed E-state index contributed by atoms with van der Waals surface area (Å²) in [5.41, 5.74) is 0. The smallest absolute Gasteiger partial charge is 0.0902 e. The summed E-state index contributed by atoms with van der Waals surface area (Å²) in [6, 6.07) is 3.67. The summed E-state index contributed by atoms with van der Waals surface area (Å²) < 4.78 is 4.58. The zero-order valence-corrected chi connectivity index (χ0v) is 8.61. The van der Waals surface area contributed by atoms with E-state index in [1.807, 2.05) is 33.3 Å². The van der Waals surface area contributed by atoms with Gasteiger partial charge in [0.05, 0.1) is 34.7 Å². The minimum atomic E-state index is 0. The van der Waals surface area contributed by atoms with Gasteiger partial charge in [0, 0.05) is 0 Å².